The fraction of sp³-hybridized carbons (Fsp3) is 0.692. The van der Waals surface area contributed by atoms with E-state index in [1.807, 2.05) is 0 Å². The highest BCUT2D eigenvalue weighted by Crippen LogP contribution is 2.36. The minimum absolute atomic E-state index is 0.816. The van der Waals surface area contributed by atoms with Crippen molar-refractivity contribution >= 4 is 0 Å². The molecule has 0 aromatic carbocycles. The molecule has 13 heavy (non-hydrogen) atoms. The highest BCUT2D eigenvalue weighted by molar-refractivity contribution is 5.32. The first-order chi connectivity index (χ1) is 6.27. The summed E-state index contributed by atoms with van der Waals surface area (Å²) in [7, 11) is 0. The van der Waals surface area contributed by atoms with Gasteiger partial charge in [0.15, 0.2) is 0 Å². The van der Waals surface area contributed by atoms with Crippen molar-refractivity contribution < 1.29 is 0 Å². The van der Waals surface area contributed by atoms with Gasteiger partial charge < -0.3 is 0 Å². The molecule has 0 amide bonds. The fourth-order valence-electron chi connectivity index (χ4n) is 2.68. The maximum Gasteiger partial charge on any atom is -0.0191 e. The molecule has 0 heteroatoms. The van der Waals surface area contributed by atoms with E-state index < -0.39 is 0 Å². The third kappa shape index (κ3) is 1.87. The average Bonchev–Trinajstić information content (AvgIpc) is 2.27. The lowest BCUT2D eigenvalue weighted by Crippen LogP contribution is -2.01. The van der Waals surface area contributed by atoms with Crippen LogP contribution in [0.1, 0.15) is 46.0 Å². The molecule has 0 N–H and O–H groups in total. The van der Waals surface area contributed by atoms with Gasteiger partial charge in [-0.1, -0.05) is 31.6 Å². The molecule has 0 fully saturated rings. The van der Waals surface area contributed by atoms with Crippen molar-refractivity contribution in [3.63, 3.8) is 0 Å². The van der Waals surface area contributed by atoms with Crippen molar-refractivity contribution in [1.82, 2.24) is 0 Å². The lowest BCUT2D eigenvalue weighted by Gasteiger charge is -2.18. The zero-order valence-corrected chi connectivity index (χ0v) is 8.84. The largest absolute Gasteiger partial charge is 0.0839 e. The molecule has 2 atom stereocenters. The lowest BCUT2D eigenvalue weighted by atomic mass is 9.88. The predicted molar refractivity (Wildman–Crippen MR) is 57.6 cm³/mol. The molecular weight excluding hydrogens is 156 g/mol. The number of allylic oxidation sites excluding steroid dienone is 4. The van der Waals surface area contributed by atoms with Gasteiger partial charge >= 0.3 is 0 Å². The summed E-state index contributed by atoms with van der Waals surface area (Å²) in [5, 5.41) is 0. The monoisotopic (exact) mass is 176 g/mol. The Labute approximate surface area is 81.7 Å². The quantitative estimate of drug-likeness (QED) is 0.521. The van der Waals surface area contributed by atoms with E-state index in [2.05, 4.69) is 26.0 Å². The minimum atomic E-state index is 0.816. The summed E-state index contributed by atoms with van der Waals surface area (Å²) in [6.45, 7) is 4.80. The van der Waals surface area contributed by atoms with Crippen LogP contribution in [0.4, 0.5) is 0 Å². The highest BCUT2D eigenvalue weighted by atomic mass is 14.3. The molecule has 72 valence electrons. The van der Waals surface area contributed by atoms with Gasteiger partial charge in [0.05, 0.1) is 0 Å². The van der Waals surface area contributed by atoms with Gasteiger partial charge in [0.25, 0.3) is 0 Å². The van der Waals surface area contributed by atoms with Gasteiger partial charge in [-0.25, -0.2) is 0 Å². The first-order valence-corrected chi connectivity index (χ1v) is 5.66. The van der Waals surface area contributed by atoms with Crippen LogP contribution in [0.15, 0.2) is 23.3 Å². The van der Waals surface area contributed by atoms with Crippen LogP contribution in [-0.4, -0.2) is 0 Å². The Hall–Kier alpha value is -0.520. The molecule has 0 heterocycles. The molecule has 2 unspecified atom stereocenters. The zero-order valence-electron chi connectivity index (χ0n) is 8.84. The minimum Gasteiger partial charge on any atom is -0.0839 e. The Morgan fingerprint density at radius 3 is 2.92 bits per heavy atom. The summed E-state index contributed by atoms with van der Waals surface area (Å²) >= 11 is 0. The molecule has 0 bridgehead atoms. The van der Waals surface area contributed by atoms with E-state index in [0.29, 0.717) is 0 Å². The third-order valence-electron chi connectivity index (χ3n) is 3.54. The summed E-state index contributed by atoms with van der Waals surface area (Å²) in [6.07, 6.45) is 11.5. The normalized spacial score (nSPS) is 34.3. The second-order valence-electron chi connectivity index (χ2n) is 4.79. The van der Waals surface area contributed by atoms with Crippen molar-refractivity contribution in [3.8, 4) is 0 Å². The van der Waals surface area contributed by atoms with E-state index in [1.54, 1.807) is 11.1 Å². The first kappa shape index (κ1) is 9.05. The summed E-state index contributed by atoms with van der Waals surface area (Å²) < 4.78 is 0. The molecule has 0 nitrogen and oxygen atoms in total. The van der Waals surface area contributed by atoms with E-state index in [-0.39, 0.29) is 0 Å². The van der Waals surface area contributed by atoms with Gasteiger partial charge in [0.1, 0.15) is 0 Å². The summed E-state index contributed by atoms with van der Waals surface area (Å²) in [4.78, 5) is 0. The Balaban J connectivity index is 2.25. The fourth-order valence-corrected chi connectivity index (χ4v) is 2.68. The number of hydrogen-bond acceptors (Lipinski definition) is 0. The van der Waals surface area contributed by atoms with Gasteiger partial charge in [0, 0.05) is 0 Å². The summed E-state index contributed by atoms with van der Waals surface area (Å²) in [5.74, 6) is 1.73. The van der Waals surface area contributed by atoms with E-state index >= 15 is 0 Å². The molecule has 0 spiro atoms. The van der Waals surface area contributed by atoms with Gasteiger partial charge in [-0.05, 0) is 49.5 Å². The molecule has 2 aliphatic carbocycles. The van der Waals surface area contributed by atoms with Crippen molar-refractivity contribution in [2.75, 3.05) is 0 Å². The smallest absolute Gasteiger partial charge is 0.0191 e. The maximum absolute atomic E-state index is 2.40. The summed E-state index contributed by atoms with van der Waals surface area (Å²) in [5.41, 5.74) is 3.44. The Bertz CT molecular complexity index is 245. The average molecular weight is 176 g/mol. The Kier molecular flexibility index (Phi) is 2.57. The van der Waals surface area contributed by atoms with Crippen molar-refractivity contribution in [2.45, 2.75) is 46.0 Å². The van der Waals surface area contributed by atoms with Crippen LogP contribution < -0.4 is 0 Å². The SMILES string of the molecule is CC1CCC(C)C2=C(CCC=C2)C1. The van der Waals surface area contributed by atoms with Gasteiger partial charge in [-0.15, -0.1) is 0 Å². The van der Waals surface area contributed by atoms with Crippen LogP contribution in [-0.2, 0) is 0 Å². The van der Waals surface area contributed by atoms with Crippen LogP contribution in [0, 0.1) is 11.8 Å². The van der Waals surface area contributed by atoms with Crippen molar-refractivity contribution in [1.29, 1.82) is 0 Å². The number of rotatable bonds is 0. The van der Waals surface area contributed by atoms with Crippen LogP contribution in [0.25, 0.3) is 0 Å². The van der Waals surface area contributed by atoms with Crippen LogP contribution in [0.3, 0.4) is 0 Å². The standard InChI is InChI=1S/C13H20/c1-10-7-8-11(2)13-6-4-3-5-12(13)9-10/h4,6,10-11H,3,5,7-9H2,1-2H3. The van der Waals surface area contributed by atoms with E-state index in [0.717, 1.165) is 11.8 Å². The lowest BCUT2D eigenvalue weighted by molar-refractivity contribution is 0.484. The predicted octanol–water partition coefficient (Wildman–Crippen LogP) is 4.09. The van der Waals surface area contributed by atoms with E-state index in [1.165, 1.54) is 32.1 Å². The molecule has 2 rings (SSSR count). The van der Waals surface area contributed by atoms with E-state index in [9.17, 15) is 0 Å². The molecule has 0 radical (unpaired) electrons. The van der Waals surface area contributed by atoms with Gasteiger partial charge in [-0.3, -0.25) is 0 Å². The van der Waals surface area contributed by atoms with Gasteiger partial charge in [0.2, 0.25) is 0 Å². The summed E-state index contributed by atoms with van der Waals surface area (Å²) in [6, 6.07) is 0. The second-order valence-corrected chi connectivity index (χ2v) is 4.79. The molecule has 0 saturated heterocycles. The molecular formula is C13H20. The van der Waals surface area contributed by atoms with Crippen molar-refractivity contribution in [3.05, 3.63) is 23.3 Å². The molecule has 0 aromatic rings. The Morgan fingerprint density at radius 2 is 2.08 bits per heavy atom. The zero-order chi connectivity index (χ0) is 9.26. The maximum atomic E-state index is 2.40. The van der Waals surface area contributed by atoms with Crippen molar-refractivity contribution in [2.24, 2.45) is 11.8 Å². The highest BCUT2D eigenvalue weighted by Gasteiger charge is 2.20. The number of hydrogen-bond donors (Lipinski definition) is 0. The van der Waals surface area contributed by atoms with E-state index in [4.69, 9.17) is 0 Å². The van der Waals surface area contributed by atoms with Crippen LogP contribution >= 0.6 is 0 Å². The first-order valence-electron chi connectivity index (χ1n) is 5.66. The molecule has 0 saturated carbocycles. The molecule has 0 aliphatic heterocycles. The topological polar surface area (TPSA) is 0 Å². The third-order valence-corrected chi connectivity index (χ3v) is 3.54. The van der Waals surface area contributed by atoms with Gasteiger partial charge in [-0.2, -0.15) is 0 Å². The van der Waals surface area contributed by atoms with Crippen LogP contribution in [0.2, 0.25) is 0 Å². The Morgan fingerprint density at radius 1 is 1.23 bits per heavy atom. The second kappa shape index (κ2) is 3.69. The molecule has 2 aliphatic rings. The van der Waals surface area contributed by atoms with Crippen LogP contribution in [0.5, 0.6) is 0 Å². The molecule has 0 aromatic heterocycles.